The van der Waals surface area contributed by atoms with Gasteiger partial charge in [-0.05, 0) is 87.9 Å². The monoisotopic (exact) mass is 1010 g/mol. The van der Waals surface area contributed by atoms with Crippen LogP contribution in [0.15, 0.2) is 45.2 Å². The predicted molar refractivity (Wildman–Crippen MR) is 268 cm³/mol. The molecule has 2 fully saturated rings. The lowest BCUT2D eigenvalue weighted by molar-refractivity contribution is -0.140. The maximum absolute atomic E-state index is 13.6. The predicted octanol–water partition coefficient (Wildman–Crippen LogP) is 6.95. The summed E-state index contributed by atoms with van der Waals surface area (Å²) in [6.07, 6.45) is 9.31. The number of hydrogen-bond donors (Lipinski definition) is 0. The summed E-state index contributed by atoms with van der Waals surface area (Å²) in [6, 6.07) is 4.34. The highest BCUT2D eigenvalue weighted by Crippen LogP contribution is 2.47. The molecule has 0 radical (unpaired) electrons. The molecule has 0 atom stereocenters. The zero-order valence-electron chi connectivity index (χ0n) is 44.5. The van der Waals surface area contributed by atoms with E-state index >= 15 is 0 Å². The van der Waals surface area contributed by atoms with Crippen molar-refractivity contribution < 1.29 is 66.4 Å². The number of allylic oxidation sites excluding steroid dienone is 4. The second-order valence-corrected chi connectivity index (χ2v) is 19.9. The van der Waals surface area contributed by atoms with E-state index in [9.17, 15) is 20.1 Å². The van der Waals surface area contributed by atoms with Gasteiger partial charge in [-0.1, -0.05) is 27.7 Å². The zero-order chi connectivity index (χ0) is 51.9. The number of rotatable bonds is 37. The summed E-state index contributed by atoms with van der Waals surface area (Å²) in [5.41, 5.74) is 2.71. The maximum Gasteiger partial charge on any atom is 0.349 e. The molecule has 0 aromatic rings. The molecule has 0 saturated carbocycles. The van der Waals surface area contributed by atoms with Crippen molar-refractivity contribution in [1.29, 1.82) is 10.5 Å². The first kappa shape index (κ1) is 60.3. The average molecular weight is 1020 g/mol. The fourth-order valence-corrected chi connectivity index (χ4v) is 9.17. The molecular weight excluding hydrogens is 929 g/mol. The van der Waals surface area contributed by atoms with E-state index in [1.54, 1.807) is 14.2 Å². The Morgan fingerprint density at radius 2 is 0.750 bits per heavy atom. The van der Waals surface area contributed by atoms with E-state index in [2.05, 4.69) is 49.6 Å². The number of carbonyl (C=O) groups is 2. The van der Waals surface area contributed by atoms with Gasteiger partial charge in [0, 0.05) is 51.5 Å². The summed E-state index contributed by atoms with van der Waals surface area (Å²) < 4.78 is 67.7. The van der Waals surface area contributed by atoms with Crippen molar-refractivity contribution in [2.24, 2.45) is 10.8 Å². The third-order valence-corrected chi connectivity index (χ3v) is 12.7. The molecule has 0 aromatic carbocycles. The van der Waals surface area contributed by atoms with E-state index < -0.39 is 11.9 Å². The van der Waals surface area contributed by atoms with Crippen molar-refractivity contribution in [2.75, 3.05) is 159 Å². The molecule has 0 spiro atoms. The quantitative estimate of drug-likeness (QED) is 0.0268. The van der Waals surface area contributed by atoms with Crippen LogP contribution in [0.4, 0.5) is 0 Å². The van der Waals surface area contributed by atoms with Crippen molar-refractivity contribution in [1.82, 2.24) is 9.80 Å². The third-order valence-electron chi connectivity index (χ3n) is 12.7. The molecule has 0 aromatic heterocycles. The highest BCUT2D eigenvalue weighted by Gasteiger charge is 2.39. The summed E-state index contributed by atoms with van der Waals surface area (Å²) in [5.74, 6) is -0.160. The molecule has 406 valence electrons. The number of likely N-dealkylation sites (tertiary alicyclic amines) is 2. The minimum atomic E-state index is -0.664. The Kier molecular flexibility index (Phi) is 28.7. The number of carbonyl (C=O) groups excluding carboxylic acids is 2. The minimum absolute atomic E-state index is 0.0334. The van der Waals surface area contributed by atoms with Crippen LogP contribution in [0.1, 0.15) is 105 Å². The SMILES string of the molecule is COCCOCCOCCOCCOC1=C(N2CCCC2)CC(C)(C)C/C1=C(/C#N)C(=O)OCCCCCCOC(=O)/C(C#N)=C1\CC(C)(C)CC(N2CCCC2)=C1OCCOCCOCCOCCOC. The first-order chi connectivity index (χ1) is 34.9. The maximum atomic E-state index is 13.6. The highest BCUT2D eigenvalue weighted by atomic mass is 16.6. The number of nitriles is 2. The summed E-state index contributed by atoms with van der Waals surface area (Å²) in [5, 5.41) is 20.8. The summed E-state index contributed by atoms with van der Waals surface area (Å²) in [4.78, 5) is 31.9. The van der Waals surface area contributed by atoms with Crippen molar-refractivity contribution >= 4 is 11.9 Å². The highest BCUT2D eigenvalue weighted by molar-refractivity contribution is 5.95. The number of esters is 2. The van der Waals surface area contributed by atoms with Crippen LogP contribution in [0.25, 0.3) is 0 Å². The van der Waals surface area contributed by atoms with Gasteiger partial charge in [0.15, 0.2) is 0 Å². The number of nitrogens with zero attached hydrogens (tertiary/aromatic N) is 4. The van der Waals surface area contributed by atoms with Gasteiger partial charge in [0.2, 0.25) is 0 Å². The molecule has 72 heavy (non-hydrogen) atoms. The van der Waals surface area contributed by atoms with Gasteiger partial charge in [-0.2, -0.15) is 10.5 Å². The Morgan fingerprint density at radius 3 is 1.06 bits per heavy atom. The smallest absolute Gasteiger partial charge is 0.349 e. The van der Waals surface area contributed by atoms with Crippen LogP contribution in [0.2, 0.25) is 0 Å². The molecule has 2 saturated heterocycles. The van der Waals surface area contributed by atoms with Crippen LogP contribution >= 0.6 is 0 Å². The molecule has 0 unspecified atom stereocenters. The fourth-order valence-electron chi connectivity index (χ4n) is 9.17. The molecule has 18 heteroatoms. The van der Waals surface area contributed by atoms with Gasteiger partial charge in [-0.15, -0.1) is 0 Å². The fraction of sp³-hybridized carbons (Fsp3) is 0.778. The van der Waals surface area contributed by atoms with Gasteiger partial charge < -0.3 is 66.6 Å². The van der Waals surface area contributed by atoms with Crippen LogP contribution in [0.5, 0.6) is 0 Å². The molecule has 0 bridgehead atoms. The van der Waals surface area contributed by atoms with Gasteiger partial charge >= 0.3 is 11.9 Å². The third kappa shape index (κ3) is 21.7. The second-order valence-electron chi connectivity index (χ2n) is 19.9. The molecule has 4 rings (SSSR count). The van der Waals surface area contributed by atoms with Gasteiger partial charge in [0.05, 0.1) is 117 Å². The average Bonchev–Trinajstić information content (AvgIpc) is 4.11. The Hall–Kier alpha value is -4.24. The van der Waals surface area contributed by atoms with E-state index in [1.807, 2.05) is 0 Å². The van der Waals surface area contributed by atoms with Crippen molar-refractivity contribution in [3.63, 3.8) is 0 Å². The molecular formula is C54H86N4O14. The summed E-state index contributed by atoms with van der Waals surface area (Å²) in [7, 11) is 3.27. The standard InChI is InChI=1S/C54H86N4O14/c1-53(2)37-43(49(47(39-53)57-15-9-10-16-57)69-35-33-67-31-29-65-27-25-63-23-21-61-5)45(41-55)51(59)71-19-13-7-8-14-20-72-52(60)46(42-56)44-38-54(3,4)40-48(58-17-11-12-18-58)50(44)70-36-34-68-32-30-66-28-26-64-24-22-62-6/h7-40H2,1-6H3/b45-43+,46-44+. The van der Waals surface area contributed by atoms with Crippen molar-refractivity contribution in [3.8, 4) is 12.1 Å². The number of unbranched alkanes of at least 4 members (excludes halogenated alkanes) is 3. The number of ether oxygens (including phenoxy) is 12. The first-order valence-corrected chi connectivity index (χ1v) is 26.2. The largest absolute Gasteiger partial charge is 0.489 e. The van der Waals surface area contributed by atoms with E-state index in [0.717, 1.165) is 76.1 Å². The Bertz CT molecular complexity index is 1720. The topological polar surface area (TPSA) is 199 Å². The lowest BCUT2D eigenvalue weighted by Crippen LogP contribution is -2.32. The minimum Gasteiger partial charge on any atom is -0.489 e. The normalized spacial score (nSPS) is 19.1. The van der Waals surface area contributed by atoms with Crippen LogP contribution in [0.3, 0.4) is 0 Å². The van der Waals surface area contributed by atoms with Crippen LogP contribution < -0.4 is 0 Å². The van der Waals surface area contributed by atoms with Crippen LogP contribution in [0, 0.1) is 33.5 Å². The Balaban J connectivity index is 1.27. The van der Waals surface area contributed by atoms with E-state index in [-0.39, 0.29) is 48.4 Å². The van der Waals surface area contributed by atoms with E-state index in [1.165, 1.54) is 0 Å². The molecule has 18 nitrogen and oxygen atoms in total. The van der Waals surface area contributed by atoms with Gasteiger partial charge in [-0.3, -0.25) is 0 Å². The van der Waals surface area contributed by atoms with E-state index in [4.69, 9.17) is 56.8 Å². The van der Waals surface area contributed by atoms with Gasteiger partial charge in [0.1, 0.15) is 48.0 Å². The lowest BCUT2D eigenvalue weighted by atomic mass is 9.74. The number of hydrogen-bond acceptors (Lipinski definition) is 18. The molecule has 0 N–H and O–H groups in total. The Labute approximate surface area is 429 Å². The summed E-state index contributed by atoms with van der Waals surface area (Å²) >= 11 is 0. The van der Waals surface area contributed by atoms with Crippen molar-refractivity contribution in [2.45, 2.75) is 105 Å². The van der Waals surface area contributed by atoms with Crippen LogP contribution in [-0.2, 0) is 66.4 Å². The first-order valence-electron chi connectivity index (χ1n) is 26.2. The number of methoxy groups -OCH3 is 2. The Morgan fingerprint density at radius 1 is 0.444 bits per heavy atom. The van der Waals surface area contributed by atoms with Crippen LogP contribution in [-0.4, -0.2) is 181 Å². The molecule has 2 heterocycles. The molecule has 2 aliphatic carbocycles. The zero-order valence-corrected chi connectivity index (χ0v) is 44.5. The van der Waals surface area contributed by atoms with Crippen molar-refractivity contribution in [3.05, 3.63) is 45.2 Å². The van der Waals surface area contributed by atoms with E-state index in [0.29, 0.717) is 154 Å². The molecule has 2 aliphatic heterocycles. The summed E-state index contributed by atoms with van der Waals surface area (Å²) in [6.45, 7) is 19.2. The second kappa shape index (κ2) is 34.3. The molecule has 0 amide bonds. The lowest BCUT2D eigenvalue weighted by Gasteiger charge is -2.38. The molecule has 4 aliphatic rings. The van der Waals surface area contributed by atoms with Gasteiger partial charge in [0.25, 0.3) is 0 Å². The van der Waals surface area contributed by atoms with Gasteiger partial charge in [-0.25, -0.2) is 9.59 Å².